The molecule has 0 saturated carbocycles. The van der Waals surface area contributed by atoms with Crippen LogP contribution in [0.3, 0.4) is 0 Å². The molecule has 1 aliphatic rings. The van der Waals surface area contributed by atoms with Gasteiger partial charge in [-0.15, -0.1) is 0 Å². The smallest absolute Gasteiger partial charge is 0.245 e. The number of nitrogens with zero attached hydrogens (tertiary/aromatic N) is 1. The molecule has 4 nitrogen and oxygen atoms in total. The van der Waals surface area contributed by atoms with Gasteiger partial charge in [-0.3, -0.25) is 9.59 Å². The Bertz CT molecular complexity index is 258. The van der Waals surface area contributed by atoms with E-state index in [1.807, 2.05) is 18.7 Å². The molecule has 1 heterocycles. The topological polar surface area (TPSA) is 49.4 Å². The molecule has 0 aromatic rings. The van der Waals surface area contributed by atoms with E-state index in [9.17, 15) is 9.59 Å². The molecule has 0 unspecified atom stereocenters. The number of rotatable bonds is 4. The maximum Gasteiger partial charge on any atom is 0.245 e. The van der Waals surface area contributed by atoms with Gasteiger partial charge in [0.1, 0.15) is 6.04 Å². The summed E-state index contributed by atoms with van der Waals surface area (Å²) in [7, 11) is 0. The predicted octanol–water partition coefficient (Wildman–Crippen LogP) is 1.16. The number of carbonyl (C=O) groups excluding carboxylic acids is 2. The van der Waals surface area contributed by atoms with Gasteiger partial charge in [-0.2, -0.15) is 0 Å². The number of hydrogen-bond donors (Lipinski definition) is 1. The second kappa shape index (κ2) is 5.87. The summed E-state index contributed by atoms with van der Waals surface area (Å²) in [5.41, 5.74) is 0. The van der Waals surface area contributed by atoms with E-state index in [2.05, 4.69) is 5.32 Å². The molecule has 0 bridgehead atoms. The van der Waals surface area contributed by atoms with E-state index < -0.39 is 0 Å². The van der Waals surface area contributed by atoms with E-state index in [4.69, 9.17) is 0 Å². The van der Waals surface area contributed by atoms with E-state index in [-0.39, 0.29) is 23.8 Å². The van der Waals surface area contributed by atoms with E-state index in [1.54, 1.807) is 6.92 Å². The van der Waals surface area contributed by atoms with Crippen molar-refractivity contribution in [2.45, 2.75) is 46.1 Å². The van der Waals surface area contributed by atoms with Gasteiger partial charge in [0.2, 0.25) is 11.8 Å². The van der Waals surface area contributed by atoms with E-state index in [0.717, 1.165) is 25.9 Å². The third-order valence-electron chi connectivity index (χ3n) is 2.99. The van der Waals surface area contributed by atoms with Gasteiger partial charge in [-0.1, -0.05) is 20.8 Å². The average Bonchev–Trinajstić information content (AvgIpc) is 2.77. The van der Waals surface area contributed by atoms with Crippen molar-refractivity contribution in [1.29, 1.82) is 0 Å². The third-order valence-corrected chi connectivity index (χ3v) is 2.99. The summed E-state index contributed by atoms with van der Waals surface area (Å²) in [6, 6.07) is -0.356. The van der Waals surface area contributed by atoms with Gasteiger partial charge in [0, 0.05) is 19.5 Å². The zero-order valence-corrected chi connectivity index (χ0v) is 10.5. The number of likely N-dealkylation sites (tertiary alicyclic amines) is 1. The van der Waals surface area contributed by atoms with Crippen LogP contribution in [-0.4, -0.2) is 35.8 Å². The molecule has 4 heteroatoms. The number of hydrogen-bond acceptors (Lipinski definition) is 2. The Morgan fingerprint density at radius 3 is 2.25 bits per heavy atom. The van der Waals surface area contributed by atoms with Gasteiger partial charge in [-0.05, 0) is 18.8 Å². The average molecular weight is 226 g/mol. The van der Waals surface area contributed by atoms with Gasteiger partial charge in [0.05, 0.1) is 0 Å². The predicted molar refractivity (Wildman–Crippen MR) is 62.9 cm³/mol. The Hall–Kier alpha value is -1.06. The van der Waals surface area contributed by atoms with Crippen LogP contribution in [0.2, 0.25) is 0 Å². The number of amides is 2. The molecule has 0 aromatic carbocycles. The molecular weight excluding hydrogens is 204 g/mol. The maximum atomic E-state index is 12.1. The van der Waals surface area contributed by atoms with Crippen molar-refractivity contribution in [2.75, 3.05) is 13.1 Å². The SMILES string of the molecule is CCC(=O)N[C@H](C(=O)N1CCCC1)C(C)C. The van der Waals surface area contributed by atoms with E-state index >= 15 is 0 Å². The first-order valence-electron chi connectivity index (χ1n) is 6.14. The molecule has 0 aliphatic carbocycles. The Morgan fingerprint density at radius 2 is 1.81 bits per heavy atom. The van der Waals surface area contributed by atoms with Crippen LogP contribution in [0.5, 0.6) is 0 Å². The lowest BCUT2D eigenvalue weighted by atomic mass is 10.0. The summed E-state index contributed by atoms with van der Waals surface area (Å²) in [5, 5.41) is 2.81. The van der Waals surface area contributed by atoms with E-state index in [0.29, 0.717) is 6.42 Å². The second-order valence-electron chi connectivity index (χ2n) is 4.68. The molecular formula is C12H22N2O2. The zero-order valence-electron chi connectivity index (χ0n) is 10.5. The number of carbonyl (C=O) groups is 2. The molecule has 0 radical (unpaired) electrons. The van der Waals surface area contributed by atoms with Gasteiger partial charge >= 0.3 is 0 Å². The highest BCUT2D eigenvalue weighted by molar-refractivity contribution is 5.87. The fourth-order valence-electron chi connectivity index (χ4n) is 1.92. The molecule has 16 heavy (non-hydrogen) atoms. The van der Waals surface area contributed by atoms with Gasteiger partial charge in [0.25, 0.3) is 0 Å². The fourth-order valence-corrected chi connectivity index (χ4v) is 1.92. The first-order valence-corrected chi connectivity index (χ1v) is 6.14. The summed E-state index contributed by atoms with van der Waals surface area (Å²) in [6.07, 6.45) is 2.59. The largest absolute Gasteiger partial charge is 0.344 e. The quantitative estimate of drug-likeness (QED) is 0.782. The minimum Gasteiger partial charge on any atom is -0.344 e. The van der Waals surface area contributed by atoms with Crippen molar-refractivity contribution in [3.63, 3.8) is 0 Å². The lowest BCUT2D eigenvalue weighted by Gasteiger charge is -2.26. The highest BCUT2D eigenvalue weighted by atomic mass is 16.2. The molecule has 2 amide bonds. The summed E-state index contributed by atoms with van der Waals surface area (Å²) in [6.45, 7) is 7.41. The molecule has 0 aromatic heterocycles. The normalized spacial score (nSPS) is 17.6. The van der Waals surface area contributed by atoms with Crippen LogP contribution < -0.4 is 5.32 Å². The van der Waals surface area contributed by atoms with Gasteiger partial charge in [0.15, 0.2) is 0 Å². The van der Waals surface area contributed by atoms with Gasteiger partial charge < -0.3 is 10.2 Å². The molecule has 1 atom stereocenters. The molecule has 1 saturated heterocycles. The highest BCUT2D eigenvalue weighted by Gasteiger charge is 2.29. The molecule has 1 aliphatic heterocycles. The van der Waals surface area contributed by atoms with Crippen molar-refractivity contribution >= 4 is 11.8 Å². The zero-order chi connectivity index (χ0) is 12.1. The minimum atomic E-state index is -0.356. The monoisotopic (exact) mass is 226 g/mol. The van der Waals surface area contributed by atoms with Crippen LogP contribution >= 0.6 is 0 Å². The van der Waals surface area contributed by atoms with Crippen LogP contribution in [0.4, 0.5) is 0 Å². The van der Waals surface area contributed by atoms with Crippen molar-refractivity contribution in [2.24, 2.45) is 5.92 Å². The Balaban J connectivity index is 2.61. The molecule has 92 valence electrons. The second-order valence-corrected chi connectivity index (χ2v) is 4.68. The Kier molecular flexibility index (Phi) is 4.77. The van der Waals surface area contributed by atoms with Gasteiger partial charge in [-0.25, -0.2) is 0 Å². The van der Waals surface area contributed by atoms with Crippen molar-refractivity contribution in [3.8, 4) is 0 Å². The lowest BCUT2D eigenvalue weighted by Crippen LogP contribution is -2.50. The summed E-state index contributed by atoms with van der Waals surface area (Å²) >= 11 is 0. The first-order chi connectivity index (χ1) is 7.56. The summed E-state index contributed by atoms with van der Waals surface area (Å²) < 4.78 is 0. The summed E-state index contributed by atoms with van der Waals surface area (Å²) in [4.78, 5) is 25.4. The van der Waals surface area contributed by atoms with Crippen LogP contribution in [0.15, 0.2) is 0 Å². The van der Waals surface area contributed by atoms with Crippen molar-refractivity contribution in [1.82, 2.24) is 10.2 Å². The molecule has 1 rings (SSSR count). The highest BCUT2D eigenvalue weighted by Crippen LogP contribution is 2.13. The van der Waals surface area contributed by atoms with E-state index in [1.165, 1.54) is 0 Å². The van der Waals surface area contributed by atoms with Crippen molar-refractivity contribution < 1.29 is 9.59 Å². The standard InChI is InChI=1S/C12H22N2O2/c1-4-10(15)13-11(9(2)3)12(16)14-7-5-6-8-14/h9,11H,4-8H2,1-3H3,(H,13,15)/t11-/m0/s1. The minimum absolute atomic E-state index is 0.0498. The van der Waals surface area contributed by atoms with Crippen LogP contribution in [0, 0.1) is 5.92 Å². The number of nitrogens with one attached hydrogen (secondary N) is 1. The Labute approximate surface area is 97.4 Å². The van der Waals surface area contributed by atoms with Crippen LogP contribution in [0.1, 0.15) is 40.0 Å². The van der Waals surface area contributed by atoms with Crippen LogP contribution in [-0.2, 0) is 9.59 Å². The van der Waals surface area contributed by atoms with Crippen molar-refractivity contribution in [3.05, 3.63) is 0 Å². The molecule has 1 fully saturated rings. The first kappa shape index (κ1) is 13.0. The molecule has 0 spiro atoms. The maximum absolute atomic E-state index is 12.1. The molecule has 1 N–H and O–H groups in total. The third kappa shape index (κ3) is 3.22. The van der Waals surface area contributed by atoms with Crippen LogP contribution in [0.25, 0.3) is 0 Å². The summed E-state index contributed by atoms with van der Waals surface area (Å²) in [5.74, 6) is 0.171. The lowest BCUT2D eigenvalue weighted by molar-refractivity contribution is -0.136. The fraction of sp³-hybridized carbons (Fsp3) is 0.833. The Morgan fingerprint density at radius 1 is 1.25 bits per heavy atom.